The Bertz CT molecular complexity index is 113. The summed E-state index contributed by atoms with van der Waals surface area (Å²) in [6.45, 7) is 0.812. The molecule has 0 radical (unpaired) electrons. The van der Waals surface area contributed by atoms with Crippen LogP contribution >= 0.6 is 0 Å². The molecule has 0 aromatic heterocycles. The van der Waals surface area contributed by atoms with Crippen molar-refractivity contribution in [2.45, 2.75) is 6.42 Å². The minimum atomic E-state index is 0.219. The van der Waals surface area contributed by atoms with Crippen molar-refractivity contribution in [1.82, 2.24) is 0 Å². The van der Waals surface area contributed by atoms with Crippen molar-refractivity contribution in [3.63, 3.8) is 0 Å². The summed E-state index contributed by atoms with van der Waals surface area (Å²) in [5.41, 5.74) is 4.98. The molecule has 0 spiro atoms. The molecule has 1 aromatic carbocycles. The third-order valence-corrected chi connectivity index (χ3v) is 1.03. The van der Waals surface area contributed by atoms with E-state index in [0.717, 1.165) is 6.42 Å². The van der Waals surface area contributed by atoms with E-state index in [4.69, 9.17) is 10.8 Å². The molecule has 0 aliphatic rings. The number of aliphatic hydroxyl groups excluding tert-OH is 1. The van der Waals surface area contributed by atoms with Crippen molar-refractivity contribution in [3.05, 3.63) is 36.4 Å². The number of aliphatic hydroxyl groups is 1. The fraction of sp³-hybridized carbons (Fsp3) is 0.333. The topological polar surface area (TPSA) is 46.2 Å². The molecule has 0 aliphatic carbocycles. The van der Waals surface area contributed by atoms with Crippen molar-refractivity contribution < 1.29 is 5.11 Å². The van der Waals surface area contributed by atoms with Crippen molar-refractivity contribution in [2.75, 3.05) is 13.2 Å². The average molecular weight is 153 g/mol. The number of hydrogen-bond donors (Lipinski definition) is 2. The van der Waals surface area contributed by atoms with Crippen LogP contribution in [-0.2, 0) is 0 Å². The maximum atomic E-state index is 7.99. The van der Waals surface area contributed by atoms with E-state index in [-0.39, 0.29) is 6.61 Å². The molecule has 0 aliphatic heterocycles. The lowest BCUT2D eigenvalue weighted by Gasteiger charge is -1.80. The summed E-state index contributed by atoms with van der Waals surface area (Å²) in [5.74, 6) is 0. The third-order valence-electron chi connectivity index (χ3n) is 1.03. The minimum absolute atomic E-state index is 0.219. The molecule has 3 N–H and O–H groups in total. The Morgan fingerprint density at radius 2 is 1.27 bits per heavy atom. The van der Waals surface area contributed by atoms with Crippen LogP contribution in [0.5, 0.6) is 0 Å². The first kappa shape index (κ1) is 10.1. The quantitative estimate of drug-likeness (QED) is 0.666. The highest BCUT2D eigenvalue weighted by atomic mass is 16.2. The first-order valence-corrected chi connectivity index (χ1v) is 3.72. The summed E-state index contributed by atoms with van der Waals surface area (Å²) >= 11 is 0. The lowest BCUT2D eigenvalue weighted by atomic mass is 10.4. The summed E-state index contributed by atoms with van der Waals surface area (Å²) in [7, 11) is 0. The van der Waals surface area contributed by atoms with Crippen LogP contribution in [0.2, 0.25) is 0 Å². The summed E-state index contributed by atoms with van der Waals surface area (Å²) in [6.07, 6.45) is 0.722. The van der Waals surface area contributed by atoms with Crippen LogP contribution in [0, 0.1) is 0 Å². The van der Waals surface area contributed by atoms with Crippen molar-refractivity contribution in [3.8, 4) is 0 Å². The number of benzene rings is 1. The predicted molar refractivity (Wildman–Crippen MR) is 47.2 cm³/mol. The van der Waals surface area contributed by atoms with Gasteiger partial charge < -0.3 is 10.8 Å². The standard InChI is InChI=1S/C6H6.C3H9NO/c1-2-4-6-5-3-1;4-2-1-3-5/h1-6H;5H,1-4H2. The Hall–Kier alpha value is -0.860. The highest BCUT2D eigenvalue weighted by molar-refractivity contribution is 4.99. The van der Waals surface area contributed by atoms with E-state index in [1.807, 2.05) is 36.4 Å². The molecule has 1 aromatic rings. The molecule has 0 saturated carbocycles. The molecule has 2 heteroatoms. The van der Waals surface area contributed by atoms with Crippen LogP contribution in [0.25, 0.3) is 0 Å². The van der Waals surface area contributed by atoms with Gasteiger partial charge in [0.2, 0.25) is 0 Å². The van der Waals surface area contributed by atoms with E-state index in [2.05, 4.69) is 0 Å². The van der Waals surface area contributed by atoms with Gasteiger partial charge in [-0.1, -0.05) is 36.4 Å². The van der Waals surface area contributed by atoms with Gasteiger partial charge in [0.15, 0.2) is 0 Å². The monoisotopic (exact) mass is 153 g/mol. The van der Waals surface area contributed by atoms with Gasteiger partial charge in [0.05, 0.1) is 0 Å². The molecule has 0 bridgehead atoms. The molecule has 0 heterocycles. The highest BCUT2D eigenvalue weighted by Gasteiger charge is 1.69. The lowest BCUT2D eigenvalue weighted by molar-refractivity contribution is 0.291. The maximum absolute atomic E-state index is 7.99. The summed E-state index contributed by atoms with van der Waals surface area (Å²) < 4.78 is 0. The zero-order valence-corrected chi connectivity index (χ0v) is 6.61. The Morgan fingerprint density at radius 3 is 1.36 bits per heavy atom. The van der Waals surface area contributed by atoms with E-state index in [0.29, 0.717) is 6.54 Å². The normalized spacial score (nSPS) is 8.18. The molecule has 0 saturated heterocycles. The summed E-state index contributed by atoms with van der Waals surface area (Å²) in [4.78, 5) is 0. The van der Waals surface area contributed by atoms with Crippen LogP contribution in [0.4, 0.5) is 0 Å². The van der Waals surface area contributed by atoms with Gasteiger partial charge in [0.25, 0.3) is 0 Å². The molecule has 0 unspecified atom stereocenters. The Labute approximate surface area is 67.7 Å². The third kappa shape index (κ3) is 9.14. The molecule has 0 amide bonds. The van der Waals surface area contributed by atoms with Gasteiger partial charge in [-0.3, -0.25) is 0 Å². The highest BCUT2D eigenvalue weighted by Crippen LogP contribution is 1.79. The molecule has 1 rings (SSSR count). The maximum Gasteiger partial charge on any atom is 0.0443 e. The van der Waals surface area contributed by atoms with Crippen LogP contribution in [0.3, 0.4) is 0 Å². The average Bonchev–Trinajstić information content (AvgIpc) is 2.10. The molecule has 62 valence electrons. The van der Waals surface area contributed by atoms with Crippen LogP contribution in [-0.4, -0.2) is 18.3 Å². The van der Waals surface area contributed by atoms with Crippen LogP contribution < -0.4 is 5.73 Å². The Morgan fingerprint density at radius 1 is 0.909 bits per heavy atom. The molecule has 0 fully saturated rings. The van der Waals surface area contributed by atoms with Crippen LogP contribution in [0.1, 0.15) is 6.42 Å². The first-order chi connectivity index (χ1) is 5.41. The van der Waals surface area contributed by atoms with Gasteiger partial charge in [-0.15, -0.1) is 0 Å². The molecule has 11 heavy (non-hydrogen) atoms. The molecular formula is C9H15NO. The minimum Gasteiger partial charge on any atom is -0.396 e. The van der Waals surface area contributed by atoms with Crippen molar-refractivity contribution in [2.24, 2.45) is 5.73 Å². The van der Waals surface area contributed by atoms with E-state index in [1.165, 1.54) is 0 Å². The van der Waals surface area contributed by atoms with E-state index in [9.17, 15) is 0 Å². The SMILES string of the molecule is NCCCO.c1ccccc1. The lowest BCUT2D eigenvalue weighted by Crippen LogP contribution is -1.99. The first-order valence-electron chi connectivity index (χ1n) is 3.72. The second-order valence-corrected chi connectivity index (χ2v) is 2.02. The van der Waals surface area contributed by atoms with Gasteiger partial charge in [-0.2, -0.15) is 0 Å². The van der Waals surface area contributed by atoms with E-state index in [1.54, 1.807) is 0 Å². The second kappa shape index (κ2) is 9.14. The number of hydrogen-bond acceptors (Lipinski definition) is 2. The largest absolute Gasteiger partial charge is 0.396 e. The predicted octanol–water partition coefficient (Wildman–Crippen LogP) is 1.01. The number of nitrogens with two attached hydrogens (primary N) is 1. The van der Waals surface area contributed by atoms with Gasteiger partial charge in [-0.05, 0) is 13.0 Å². The van der Waals surface area contributed by atoms with Gasteiger partial charge in [0.1, 0.15) is 0 Å². The Kier molecular flexibility index (Phi) is 8.43. The molecular weight excluding hydrogens is 138 g/mol. The van der Waals surface area contributed by atoms with Crippen molar-refractivity contribution in [1.29, 1.82) is 0 Å². The second-order valence-electron chi connectivity index (χ2n) is 2.02. The van der Waals surface area contributed by atoms with Gasteiger partial charge in [-0.25, -0.2) is 0 Å². The Balaban J connectivity index is 0.000000187. The zero-order valence-electron chi connectivity index (χ0n) is 6.61. The zero-order chi connectivity index (χ0) is 8.36. The van der Waals surface area contributed by atoms with Crippen molar-refractivity contribution >= 4 is 0 Å². The van der Waals surface area contributed by atoms with Gasteiger partial charge in [0, 0.05) is 6.61 Å². The van der Waals surface area contributed by atoms with E-state index < -0.39 is 0 Å². The number of rotatable bonds is 2. The molecule has 0 atom stereocenters. The summed E-state index contributed by atoms with van der Waals surface area (Å²) in [5, 5.41) is 7.99. The van der Waals surface area contributed by atoms with Gasteiger partial charge >= 0.3 is 0 Å². The fourth-order valence-electron chi connectivity index (χ4n) is 0.476. The van der Waals surface area contributed by atoms with Crippen LogP contribution in [0.15, 0.2) is 36.4 Å². The summed E-state index contributed by atoms with van der Waals surface area (Å²) in [6, 6.07) is 12.0. The van der Waals surface area contributed by atoms with E-state index >= 15 is 0 Å². The fourth-order valence-corrected chi connectivity index (χ4v) is 0.476. The smallest absolute Gasteiger partial charge is 0.0443 e. The molecule has 2 nitrogen and oxygen atoms in total.